The van der Waals surface area contributed by atoms with E-state index in [-0.39, 0.29) is 40.4 Å². The van der Waals surface area contributed by atoms with E-state index < -0.39 is 26.5 Å². The lowest BCUT2D eigenvalue weighted by Crippen LogP contribution is -2.41. The van der Waals surface area contributed by atoms with Gasteiger partial charge >= 0.3 is 0 Å². The number of Topliss-reactive ketones (excluding diaryl/α,β-unsaturated/α-hetero) is 1. The number of sulfonamides is 1. The fourth-order valence-electron chi connectivity index (χ4n) is 3.51. The van der Waals surface area contributed by atoms with Crippen LogP contribution in [0.15, 0.2) is 89.1 Å². The first-order valence-corrected chi connectivity index (χ1v) is 11.5. The van der Waals surface area contributed by atoms with Crippen LogP contribution < -0.4 is 0 Å². The number of nitro groups is 1. The monoisotopic (exact) mass is 479 g/mol. The second-order valence-corrected chi connectivity index (χ2v) is 9.44. The molecule has 0 amide bonds. The molecule has 4 rings (SSSR count). The van der Waals surface area contributed by atoms with Crippen molar-refractivity contribution in [2.24, 2.45) is 0 Å². The summed E-state index contributed by atoms with van der Waals surface area (Å²) in [5.41, 5.74) is 0.793. The summed E-state index contributed by atoms with van der Waals surface area (Å²) in [4.78, 5) is 27.3. The summed E-state index contributed by atoms with van der Waals surface area (Å²) >= 11 is 0. The Morgan fingerprint density at radius 3 is 2.26 bits per heavy atom. The Labute approximate surface area is 194 Å². The van der Waals surface area contributed by atoms with Gasteiger partial charge in [0.1, 0.15) is 5.82 Å². The minimum atomic E-state index is -4.12. The standard InChI is InChI=1S/C24H18FN3O5S/c25-23-6-2-1-5-18(23)13-20-16-27(15-19(24(20)29)12-17-4-3-11-26-14-17)34(32,33)22-9-7-21(8-10-22)28(30)31/h1-14H,15-16H2/b19-12+,20-13+. The molecule has 0 bridgehead atoms. The number of carbonyl (C=O) groups is 1. The van der Waals surface area contributed by atoms with Gasteiger partial charge in [-0.3, -0.25) is 19.9 Å². The van der Waals surface area contributed by atoms with E-state index in [1.807, 2.05) is 0 Å². The van der Waals surface area contributed by atoms with Crippen molar-refractivity contribution >= 4 is 33.6 Å². The average Bonchev–Trinajstić information content (AvgIpc) is 2.83. The van der Waals surface area contributed by atoms with Crippen LogP contribution in [0, 0.1) is 15.9 Å². The van der Waals surface area contributed by atoms with E-state index in [4.69, 9.17) is 0 Å². The van der Waals surface area contributed by atoms with Gasteiger partial charge in [0.2, 0.25) is 10.0 Å². The molecule has 0 saturated carbocycles. The molecule has 10 heteroatoms. The highest BCUT2D eigenvalue weighted by atomic mass is 32.2. The fraction of sp³-hybridized carbons (Fsp3) is 0.0833. The zero-order chi connectivity index (χ0) is 24.3. The quantitative estimate of drug-likeness (QED) is 0.312. The van der Waals surface area contributed by atoms with Crippen LogP contribution in [0.25, 0.3) is 12.2 Å². The first-order valence-electron chi connectivity index (χ1n) is 10.1. The number of nitrogens with zero attached hydrogens (tertiary/aromatic N) is 3. The lowest BCUT2D eigenvalue weighted by Gasteiger charge is -2.29. The van der Waals surface area contributed by atoms with E-state index in [0.29, 0.717) is 5.56 Å². The number of aromatic nitrogens is 1. The molecule has 172 valence electrons. The molecule has 8 nitrogen and oxygen atoms in total. The number of hydrogen-bond acceptors (Lipinski definition) is 6. The van der Waals surface area contributed by atoms with E-state index in [9.17, 15) is 27.7 Å². The highest BCUT2D eigenvalue weighted by molar-refractivity contribution is 7.89. The lowest BCUT2D eigenvalue weighted by molar-refractivity contribution is -0.384. The van der Waals surface area contributed by atoms with Crippen molar-refractivity contribution in [1.82, 2.24) is 9.29 Å². The number of ketones is 1. The van der Waals surface area contributed by atoms with Crippen molar-refractivity contribution < 1.29 is 22.5 Å². The predicted octanol–water partition coefficient (Wildman–Crippen LogP) is 3.87. The molecule has 1 saturated heterocycles. The van der Waals surface area contributed by atoms with Crippen LogP contribution >= 0.6 is 0 Å². The fourth-order valence-corrected chi connectivity index (χ4v) is 4.91. The maximum absolute atomic E-state index is 14.2. The number of piperidine rings is 1. The lowest BCUT2D eigenvalue weighted by atomic mass is 9.96. The van der Waals surface area contributed by atoms with Gasteiger partial charge in [-0.1, -0.05) is 24.3 Å². The minimum absolute atomic E-state index is 0.0944. The van der Waals surface area contributed by atoms with Crippen molar-refractivity contribution in [3.05, 3.63) is 111 Å². The van der Waals surface area contributed by atoms with Crippen molar-refractivity contribution in [3.8, 4) is 0 Å². The van der Waals surface area contributed by atoms with Crippen LogP contribution in [0.2, 0.25) is 0 Å². The number of carbonyl (C=O) groups excluding carboxylic acids is 1. The number of hydrogen-bond donors (Lipinski definition) is 0. The maximum Gasteiger partial charge on any atom is 0.269 e. The summed E-state index contributed by atoms with van der Waals surface area (Å²) in [5, 5.41) is 10.9. The van der Waals surface area contributed by atoms with Gasteiger partial charge in [-0.15, -0.1) is 0 Å². The number of halogens is 1. The number of nitro benzene ring substituents is 1. The molecule has 34 heavy (non-hydrogen) atoms. The van der Waals surface area contributed by atoms with E-state index >= 15 is 0 Å². The zero-order valence-corrected chi connectivity index (χ0v) is 18.5. The highest BCUT2D eigenvalue weighted by Crippen LogP contribution is 2.28. The molecule has 0 N–H and O–H groups in total. The van der Waals surface area contributed by atoms with Crippen molar-refractivity contribution in [3.63, 3.8) is 0 Å². The molecule has 0 unspecified atom stereocenters. The first kappa shape index (κ1) is 23.1. The highest BCUT2D eigenvalue weighted by Gasteiger charge is 2.34. The number of rotatable bonds is 5. The third-order valence-electron chi connectivity index (χ3n) is 5.22. The van der Waals surface area contributed by atoms with Crippen LogP contribution in [0.4, 0.5) is 10.1 Å². The Kier molecular flexibility index (Phi) is 6.44. The van der Waals surface area contributed by atoms with Crippen molar-refractivity contribution in [1.29, 1.82) is 0 Å². The zero-order valence-electron chi connectivity index (χ0n) is 17.7. The predicted molar refractivity (Wildman–Crippen MR) is 123 cm³/mol. The van der Waals surface area contributed by atoms with E-state index in [1.54, 1.807) is 30.5 Å². The molecular weight excluding hydrogens is 461 g/mol. The van der Waals surface area contributed by atoms with Crippen LogP contribution in [0.5, 0.6) is 0 Å². The number of non-ortho nitro benzene ring substituents is 1. The van der Waals surface area contributed by atoms with Crippen LogP contribution in [0.3, 0.4) is 0 Å². The maximum atomic E-state index is 14.2. The van der Waals surface area contributed by atoms with Gasteiger partial charge in [-0.2, -0.15) is 4.31 Å². The number of pyridine rings is 1. The van der Waals surface area contributed by atoms with Gasteiger partial charge in [0.25, 0.3) is 5.69 Å². The van der Waals surface area contributed by atoms with Gasteiger partial charge < -0.3 is 0 Å². The first-order chi connectivity index (χ1) is 16.3. The summed E-state index contributed by atoms with van der Waals surface area (Å²) in [5.74, 6) is -0.946. The van der Waals surface area contributed by atoms with Gasteiger partial charge in [0.15, 0.2) is 5.78 Å². The summed E-state index contributed by atoms with van der Waals surface area (Å²) < 4.78 is 42.0. The molecule has 0 aliphatic carbocycles. The average molecular weight is 479 g/mol. The smallest absolute Gasteiger partial charge is 0.269 e. The van der Waals surface area contributed by atoms with Gasteiger partial charge in [0, 0.05) is 54.3 Å². The van der Waals surface area contributed by atoms with E-state index in [2.05, 4.69) is 4.98 Å². The van der Waals surface area contributed by atoms with E-state index in [1.165, 1.54) is 30.5 Å². The third kappa shape index (κ3) is 4.82. The molecule has 0 spiro atoms. The second kappa shape index (κ2) is 9.46. The number of benzene rings is 2. The topological polar surface area (TPSA) is 110 Å². The minimum Gasteiger partial charge on any atom is -0.289 e. The normalized spacial score (nSPS) is 17.3. The molecule has 1 aliphatic heterocycles. The molecule has 2 aromatic carbocycles. The molecular formula is C24H18FN3O5S. The molecule has 0 atom stereocenters. The van der Waals surface area contributed by atoms with Gasteiger partial charge in [0.05, 0.1) is 9.82 Å². The summed E-state index contributed by atoms with van der Waals surface area (Å²) in [6.45, 7) is -0.501. The van der Waals surface area contributed by atoms with Crippen molar-refractivity contribution in [2.45, 2.75) is 4.90 Å². The molecule has 0 radical (unpaired) electrons. The summed E-state index contributed by atoms with van der Waals surface area (Å²) in [6.07, 6.45) is 5.98. The summed E-state index contributed by atoms with van der Waals surface area (Å²) in [7, 11) is -4.12. The van der Waals surface area contributed by atoms with E-state index in [0.717, 1.165) is 28.6 Å². The molecule has 3 aromatic rings. The Bertz CT molecular complexity index is 1420. The molecule has 1 aliphatic rings. The molecule has 2 heterocycles. The Morgan fingerprint density at radius 1 is 0.971 bits per heavy atom. The van der Waals surface area contributed by atoms with Crippen LogP contribution in [-0.2, 0) is 14.8 Å². The van der Waals surface area contributed by atoms with Crippen LogP contribution in [0.1, 0.15) is 11.1 Å². The SMILES string of the molecule is O=C1/C(=C/c2cccnc2)CN(S(=O)(=O)c2ccc([N+](=O)[O-])cc2)C/C1=C\c1ccccc1F. The largest absolute Gasteiger partial charge is 0.289 e. The van der Waals surface area contributed by atoms with Crippen molar-refractivity contribution in [2.75, 3.05) is 13.1 Å². The summed E-state index contributed by atoms with van der Waals surface area (Å²) in [6, 6.07) is 13.8. The Hall–Kier alpha value is -4.02. The van der Waals surface area contributed by atoms with Crippen LogP contribution in [-0.4, -0.2) is 41.5 Å². The van der Waals surface area contributed by atoms with Gasteiger partial charge in [-0.05, 0) is 42.0 Å². The third-order valence-corrected chi connectivity index (χ3v) is 7.03. The molecule has 1 fully saturated rings. The molecule has 1 aromatic heterocycles. The Morgan fingerprint density at radius 2 is 1.65 bits per heavy atom. The Balaban J connectivity index is 1.77. The second-order valence-electron chi connectivity index (χ2n) is 7.50. The van der Waals surface area contributed by atoms with Gasteiger partial charge in [-0.25, -0.2) is 12.8 Å².